The first-order valence-corrected chi connectivity index (χ1v) is 9.58. The van der Waals surface area contributed by atoms with Crippen LogP contribution in [0.5, 0.6) is 0 Å². The number of carbonyl (C=O) groups is 2. The summed E-state index contributed by atoms with van der Waals surface area (Å²) in [6, 6.07) is 17.5. The van der Waals surface area contributed by atoms with Crippen LogP contribution < -0.4 is 5.43 Å². The molecule has 1 aliphatic heterocycles. The third-order valence-electron chi connectivity index (χ3n) is 4.84. The molecule has 1 aromatic heterocycles. The number of para-hydroxylation sites is 1. The van der Waals surface area contributed by atoms with E-state index in [1.54, 1.807) is 13.0 Å². The van der Waals surface area contributed by atoms with Crippen LogP contribution in [0.25, 0.3) is 17.0 Å². The Morgan fingerprint density at radius 2 is 1.83 bits per heavy atom. The third kappa shape index (κ3) is 3.82. The highest BCUT2D eigenvalue weighted by atomic mass is 16.5. The average Bonchev–Trinajstić information content (AvgIpc) is 3.28. The summed E-state index contributed by atoms with van der Waals surface area (Å²) in [5.74, 6) is -0.695. The van der Waals surface area contributed by atoms with Crippen LogP contribution in [0.4, 0.5) is 0 Å². The zero-order valence-corrected chi connectivity index (χ0v) is 16.1. The van der Waals surface area contributed by atoms with Crippen molar-refractivity contribution < 1.29 is 14.3 Å². The minimum absolute atomic E-state index is 0.276. The molecular formula is C23H21N3O3. The molecule has 0 unspecified atom stereocenters. The predicted molar refractivity (Wildman–Crippen MR) is 113 cm³/mol. The summed E-state index contributed by atoms with van der Waals surface area (Å²) < 4.78 is 5.24. The number of aromatic amines is 1. The van der Waals surface area contributed by atoms with Crippen LogP contribution in [0.1, 0.15) is 35.0 Å². The van der Waals surface area contributed by atoms with Crippen molar-refractivity contribution in [3.63, 3.8) is 0 Å². The van der Waals surface area contributed by atoms with Crippen LogP contribution in [0.3, 0.4) is 0 Å². The number of carbonyl (C=O) groups excluding carboxylic acids is 2. The molecule has 0 saturated heterocycles. The molecule has 6 nitrogen and oxygen atoms in total. The summed E-state index contributed by atoms with van der Waals surface area (Å²) in [5, 5.41) is 4.96. The second-order valence-corrected chi connectivity index (χ2v) is 6.72. The summed E-state index contributed by atoms with van der Waals surface area (Å²) in [6.45, 7) is 2.04. The van der Waals surface area contributed by atoms with Gasteiger partial charge in [-0.25, -0.2) is 10.2 Å². The van der Waals surface area contributed by atoms with Gasteiger partial charge in [-0.1, -0.05) is 48.5 Å². The fourth-order valence-corrected chi connectivity index (χ4v) is 3.46. The van der Waals surface area contributed by atoms with Crippen molar-refractivity contribution >= 4 is 34.6 Å². The monoisotopic (exact) mass is 387 g/mol. The molecule has 29 heavy (non-hydrogen) atoms. The number of nitrogens with zero attached hydrogens (tertiary/aromatic N) is 1. The van der Waals surface area contributed by atoms with Gasteiger partial charge in [0.05, 0.1) is 29.1 Å². The van der Waals surface area contributed by atoms with Gasteiger partial charge >= 0.3 is 5.97 Å². The highest BCUT2D eigenvalue weighted by Gasteiger charge is 2.25. The van der Waals surface area contributed by atoms with Crippen molar-refractivity contribution in [2.24, 2.45) is 5.10 Å². The van der Waals surface area contributed by atoms with Crippen LogP contribution in [0, 0.1) is 0 Å². The molecule has 3 aromatic rings. The first-order chi connectivity index (χ1) is 14.2. The molecule has 2 aromatic carbocycles. The van der Waals surface area contributed by atoms with E-state index >= 15 is 0 Å². The SMILES string of the molecule is CCOC(=O)c1c(/C=C2\C(=O)NN=C2CCc2ccccc2)[nH]c2ccccc12. The van der Waals surface area contributed by atoms with Gasteiger partial charge in [-0.15, -0.1) is 0 Å². The van der Waals surface area contributed by atoms with E-state index in [-0.39, 0.29) is 12.5 Å². The van der Waals surface area contributed by atoms with Crippen molar-refractivity contribution in [1.82, 2.24) is 10.4 Å². The van der Waals surface area contributed by atoms with E-state index in [0.29, 0.717) is 29.0 Å². The number of esters is 1. The fraction of sp³-hybridized carbons (Fsp3) is 0.174. The lowest BCUT2D eigenvalue weighted by atomic mass is 10.0. The summed E-state index contributed by atoms with van der Waals surface area (Å²) >= 11 is 0. The molecule has 6 heteroatoms. The Labute approximate surface area is 168 Å². The highest BCUT2D eigenvalue weighted by Crippen LogP contribution is 2.26. The van der Waals surface area contributed by atoms with E-state index in [0.717, 1.165) is 17.3 Å². The van der Waals surface area contributed by atoms with E-state index in [9.17, 15) is 9.59 Å². The van der Waals surface area contributed by atoms with Crippen LogP contribution >= 0.6 is 0 Å². The summed E-state index contributed by atoms with van der Waals surface area (Å²) in [5.41, 5.74) is 6.62. The van der Waals surface area contributed by atoms with Gasteiger partial charge in [0, 0.05) is 10.9 Å². The number of nitrogens with one attached hydrogen (secondary N) is 2. The Morgan fingerprint density at radius 3 is 2.62 bits per heavy atom. The Morgan fingerprint density at radius 1 is 1.07 bits per heavy atom. The van der Waals surface area contributed by atoms with Gasteiger partial charge in [-0.2, -0.15) is 5.10 Å². The third-order valence-corrected chi connectivity index (χ3v) is 4.84. The maximum atomic E-state index is 12.6. The Kier molecular flexibility index (Phi) is 5.24. The van der Waals surface area contributed by atoms with Crippen LogP contribution in [0.15, 0.2) is 65.3 Å². The van der Waals surface area contributed by atoms with Gasteiger partial charge in [0.15, 0.2) is 0 Å². The van der Waals surface area contributed by atoms with Crippen LogP contribution in [-0.2, 0) is 16.0 Å². The Hall–Kier alpha value is -3.67. The smallest absolute Gasteiger partial charge is 0.340 e. The fourth-order valence-electron chi connectivity index (χ4n) is 3.46. The van der Waals surface area contributed by atoms with E-state index in [2.05, 4.69) is 15.5 Å². The second-order valence-electron chi connectivity index (χ2n) is 6.72. The van der Waals surface area contributed by atoms with E-state index in [1.807, 2.05) is 54.6 Å². The number of fused-ring (bicyclic) bond motifs is 1. The van der Waals surface area contributed by atoms with Gasteiger partial charge in [0.2, 0.25) is 0 Å². The summed E-state index contributed by atoms with van der Waals surface area (Å²) in [6.07, 6.45) is 3.07. The maximum Gasteiger partial charge on any atom is 0.340 e. The lowest BCUT2D eigenvalue weighted by molar-refractivity contribution is -0.116. The molecule has 0 spiro atoms. The number of aryl methyl sites for hydroxylation is 1. The number of amides is 1. The van der Waals surface area contributed by atoms with Gasteiger partial charge in [0.25, 0.3) is 5.91 Å². The van der Waals surface area contributed by atoms with Crippen molar-refractivity contribution in [2.75, 3.05) is 6.61 Å². The first-order valence-electron chi connectivity index (χ1n) is 9.58. The number of hydrogen-bond donors (Lipinski definition) is 2. The normalized spacial score (nSPS) is 14.9. The molecule has 1 amide bonds. The van der Waals surface area contributed by atoms with Crippen molar-refractivity contribution in [3.8, 4) is 0 Å². The Bertz CT molecular complexity index is 1130. The predicted octanol–water partition coefficient (Wildman–Crippen LogP) is 3.85. The number of hydrogen-bond acceptors (Lipinski definition) is 4. The number of rotatable bonds is 6. The zero-order valence-electron chi connectivity index (χ0n) is 16.1. The van der Waals surface area contributed by atoms with Gasteiger partial charge < -0.3 is 9.72 Å². The zero-order chi connectivity index (χ0) is 20.2. The van der Waals surface area contributed by atoms with Gasteiger partial charge in [-0.3, -0.25) is 4.79 Å². The van der Waals surface area contributed by atoms with Crippen molar-refractivity contribution in [3.05, 3.63) is 77.0 Å². The van der Waals surface area contributed by atoms with Gasteiger partial charge in [0.1, 0.15) is 0 Å². The van der Waals surface area contributed by atoms with E-state index in [1.165, 1.54) is 5.56 Å². The topological polar surface area (TPSA) is 83.6 Å². The minimum Gasteiger partial charge on any atom is -0.462 e. The Balaban J connectivity index is 1.69. The molecule has 0 fully saturated rings. The highest BCUT2D eigenvalue weighted by molar-refractivity contribution is 6.28. The standard InChI is InChI=1S/C23H21N3O3/c1-2-29-23(28)21-16-10-6-7-11-18(16)24-20(21)14-17-19(25-26-22(17)27)13-12-15-8-4-3-5-9-15/h3-11,14,24H,2,12-13H2,1H3,(H,26,27)/b17-14-. The van der Waals surface area contributed by atoms with Gasteiger partial charge in [-0.05, 0) is 37.5 Å². The molecule has 146 valence electrons. The van der Waals surface area contributed by atoms with E-state index in [4.69, 9.17) is 4.74 Å². The quantitative estimate of drug-likeness (QED) is 0.498. The molecule has 2 heterocycles. The molecule has 0 saturated carbocycles. The second kappa shape index (κ2) is 8.14. The number of ether oxygens (including phenoxy) is 1. The molecule has 0 aliphatic carbocycles. The molecule has 4 rings (SSSR count). The van der Waals surface area contributed by atoms with Crippen LogP contribution in [-0.4, -0.2) is 29.2 Å². The number of aromatic nitrogens is 1. The maximum absolute atomic E-state index is 12.6. The average molecular weight is 387 g/mol. The molecule has 0 bridgehead atoms. The lowest BCUT2D eigenvalue weighted by Gasteiger charge is -2.04. The first kappa shape index (κ1) is 18.7. The summed E-state index contributed by atoms with van der Waals surface area (Å²) in [4.78, 5) is 28.2. The number of H-pyrrole nitrogens is 1. The number of hydrazone groups is 1. The van der Waals surface area contributed by atoms with Crippen molar-refractivity contribution in [2.45, 2.75) is 19.8 Å². The summed E-state index contributed by atoms with van der Waals surface area (Å²) in [7, 11) is 0. The minimum atomic E-state index is -0.419. The largest absolute Gasteiger partial charge is 0.462 e. The molecule has 1 aliphatic rings. The van der Waals surface area contributed by atoms with Crippen LogP contribution in [0.2, 0.25) is 0 Å². The lowest BCUT2D eigenvalue weighted by Crippen LogP contribution is -2.14. The molecular weight excluding hydrogens is 366 g/mol. The van der Waals surface area contributed by atoms with Crippen molar-refractivity contribution in [1.29, 1.82) is 0 Å². The number of benzene rings is 2. The van der Waals surface area contributed by atoms with E-state index < -0.39 is 5.97 Å². The molecule has 0 radical (unpaired) electrons. The molecule has 0 atom stereocenters. The molecule has 2 N–H and O–H groups in total.